The maximum atomic E-state index is 12.8. The highest BCUT2D eigenvalue weighted by atomic mass is 35.5. The fourth-order valence-corrected chi connectivity index (χ4v) is 2.96. The Labute approximate surface area is 127 Å². The van der Waals surface area contributed by atoms with Crippen LogP contribution in [0.25, 0.3) is 0 Å². The van der Waals surface area contributed by atoms with Crippen LogP contribution in [0.1, 0.15) is 39.7 Å². The molecule has 1 aliphatic heterocycles. The molecule has 1 atom stereocenters. The Morgan fingerprint density at radius 2 is 1.86 bits per heavy atom. The quantitative estimate of drug-likeness (QED) is 0.816. The highest BCUT2D eigenvalue weighted by Crippen LogP contribution is 2.41. The number of halogens is 4. The molecule has 0 aromatic heterocycles. The van der Waals surface area contributed by atoms with Gasteiger partial charge in [-0.15, -0.1) is 0 Å². The van der Waals surface area contributed by atoms with Crippen LogP contribution in [0.5, 0.6) is 0 Å². The number of benzene rings is 1. The number of hydrogen-bond donors (Lipinski definition) is 1. The zero-order valence-corrected chi connectivity index (χ0v) is 13.2. The minimum Gasteiger partial charge on any atom is -0.378 e. The number of alkyl halides is 3. The lowest BCUT2D eigenvalue weighted by Crippen LogP contribution is -2.38. The largest absolute Gasteiger partial charge is 0.416 e. The summed E-state index contributed by atoms with van der Waals surface area (Å²) in [4.78, 5) is 0. The monoisotopic (exact) mass is 321 g/mol. The molecule has 2 nitrogen and oxygen atoms in total. The summed E-state index contributed by atoms with van der Waals surface area (Å²) in [5.41, 5.74) is -1.24. The van der Waals surface area contributed by atoms with Gasteiger partial charge in [0.1, 0.15) is 0 Å². The normalized spacial score (nSPS) is 24.1. The molecule has 21 heavy (non-hydrogen) atoms. The molecule has 0 saturated carbocycles. The molecule has 1 N–H and O–H groups in total. The zero-order valence-electron chi connectivity index (χ0n) is 12.4. The minimum atomic E-state index is -4.39. The number of hydrogen-bond acceptors (Lipinski definition) is 2. The van der Waals surface area contributed by atoms with Crippen LogP contribution in [0.4, 0.5) is 18.9 Å². The molecule has 1 fully saturated rings. The minimum absolute atomic E-state index is 0.117. The van der Waals surface area contributed by atoms with Gasteiger partial charge < -0.3 is 10.1 Å². The fraction of sp³-hybridized carbons (Fsp3) is 0.600. The Morgan fingerprint density at radius 1 is 1.24 bits per heavy atom. The van der Waals surface area contributed by atoms with Crippen LogP contribution in [0, 0.1) is 0 Å². The average molecular weight is 322 g/mol. The van der Waals surface area contributed by atoms with Crippen molar-refractivity contribution in [2.45, 2.75) is 57.5 Å². The SMILES string of the molecule is CC1(C)CC(Nc2cc(C(F)(F)F)ccc2Cl)C(C)(C)O1. The predicted octanol–water partition coefficient (Wildman–Crippen LogP) is 5.12. The Hall–Kier alpha value is -0.940. The standard InChI is InChI=1S/C15H19ClF3NO/c1-13(2)8-12(14(3,4)21-13)20-11-7-9(15(17,18)19)5-6-10(11)16/h5-7,12,20H,8H2,1-4H3. The summed E-state index contributed by atoms with van der Waals surface area (Å²) in [5, 5.41) is 3.38. The maximum Gasteiger partial charge on any atom is 0.416 e. The van der Waals surface area contributed by atoms with E-state index < -0.39 is 17.3 Å². The van der Waals surface area contributed by atoms with E-state index >= 15 is 0 Å². The number of anilines is 1. The molecule has 0 aliphatic carbocycles. The van der Waals surface area contributed by atoms with Crippen LogP contribution < -0.4 is 5.32 Å². The van der Waals surface area contributed by atoms with Crippen molar-refractivity contribution in [3.05, 3.63) is 28.8 Å². The summed E-state index contributed by atoms with van der Waals surface area (Å²) in [7, 11) is 0. The summed E-state index contributed by atoms with van der Waals surface area (Å²) < 4.78 is 44.3. The van der Waals surface area contributed by atoms with E-state index in [1.165, 1.54) is 6.07 Å². The van der Waals surface area contributed by atoms with Crippen molar-refractivity contribution in [1.82, 2.24) is 0 Å². The molecular weight excluding hydrogens is 303 g/mol. The van der Waals surface area contributed by atoms with E-state index in [9.17, 15) is 13.2 Å². The van der Waals surface area contributed by atoms with Gasteiger partial charge in [0.15, 0.2) is 0 Å². The Morgan fingerprint density at radius 3 is 2.33 bits per heavy atom. The van der Waals surface area contributed by atoms with E-state index in [-0.39, 0.29) is 22.4 Å². The third-order valence-corrected chi connectivity index (χ3v) is 4.03. The first kappa shape index (κ1) is 16.4. The van der Waals surface area contributed by atoms with E-state index in [2.05, 4.69) is 5.32 Å². The van der Waals surface area contributed by atoms with E-state index in [0.29, 0.717) is 6.42 Å². The lowest BCUT2D eigenvalue weighted by atomic mass is 9.94. The van der Waals surface area contributed by atoms with Crippen LogP contribution >= 0.6 is 11.6 Å². The molecule has 1 heterocycles. The second-order valence-electron chi connectivity index (χ2n) is 6.56. The Balaban J connectivity index is 2.28. The molecule has 1 aliphatic rings. The van der Waals surface area contributed by atoms with Crippen molar-refractivity contribution in [3.63, 3.8) is 0 Å². The topological polar surface area (TPSA) is 21.3 Å². The molecule has 2 rings (SSSR count). The van der Waals surface area contributed by atoms with Crippen molar-refractivity contribution >= 4 is 17.3 Å². The number of ether oxygens (including phenoxy) is 1. The van der Waals surface area contributed by atoms with E-state index in [1.807, 2.05) is 27.7 Å². The summed E-state index contributed by atoms with van der Waals surface area (Å²) in [6.45, 7) is 7.76. The maximum absolute atomic E-state index is 12.8. The van der Waals surface area contributed by atoms with Gasteiger partial charge >= 0.3 is 6.18 Å². The molecule has 0 radical (unpaired) electrons. The van der Waals surface area contributed by atoms with Crippen molar-refractivity contribution in [2.75, 3.05) is 5.32 Å². The highest BCUT2D eigenvalue weighted by molar-refractivity contribution is 6.33. The second kappa shape index (κ2) is 5.06. The van der Waals surface area contributed by atoms with Gasteiger partial charge in [-0.2, -0.15) is 13.2 Å². The van der Waals surface area contributed by atoms with Crippen molar-refractivity contribution in [3.8, 4) is 0 Å². The van der Waals surface area contributed by atoms with Gasteiger partial charge in [-0.1, -0.05) is 11.6 Å². The van der Waals surface area contributed by atoms with Crippen LogP contribution in [-0.2, 0) is 10.9 Å². The highest BCUT2D eigenvalue weighted by Gasteiger charge is 2.46. The van der Waals surface area contributed by atoms with Crippen molar-refractivity contribution < 1.29 is 17.9 Å². The van der Waals surface area contributed by atoms with Gasteiger partial charge in [-0.25, -0.2) is 0 Å². The van der Waals surface area contributed by atoms with Crippen molar-refractivity contribution in [1.29, 1.82) is 0 Å². The van der Waals surface area contributed by atoms with Gasteiger partial charge in [0, 0.05) is 0 Å². The molecule has 1 aromatic rings. The summed E-state index contributed by atoms with van der Waals surface area (Å²) >= 11 is 6.02. The van der Waals surface area contributed by atoms with Gasteiger partial charge in [-0.3, -0.25) is 0 Å². The first-order chi connectivity index (χ1) is 9.41. The van der Waals surface area contributed by atoms with Gasteiger partial charge in [0.2, 0.25) is 0 Å². The fourth-order valence-electron chi connectivity index (χ4n) is 2.79. The smallest absolute Gasteiger partial charge is 0.378 e. The van der Waals surface area contributed by atoms with Gasteiger partial charge in [-0.05, 0) is 52.3 Å². The molecule has 1 aromatic carbocycles. The number of rotatable bonds is 2. The van der Waals surface area contributed by atoms with E-state index in [0.717, 1.165) is 12.1 Å². The van der Waals surface area contributed by atoms with Crippen LogP contribution in [-0.4, -0.2) is 17.2 Å². The lowest BCUT2D eigenvalue weighted by molar-refractivity contribution is -0.137. The molecule has 0 bridgehead atoms. The molecule has 0 amide bonds. The average Bonchev–Trinajstić information content (AvgIpc) is 2.48. The molecule has 118 valence electrons. The van der Waals surface area contributed by atoms with E-state index in [1.54, 1.807) is 0 Å². The van der Waals surface area contributed by atoms with Crippen LogP contribution in [0.15, 0.2) is 18.2 Å². The summed E-state index contributed by atoms with van der Waals surface area (Å²) in [5.74, 6) is 0. The zero-order chi connectivity index (χ0) is 16.1. The lowest BCUT2D eigenvalue weighted by Gasteiger charge is -2.28. The third kappa shape index (κ3) is 3.64. The first-order valence-corrected chi connectivity index (χ1v) is 7.12. The molecule has 0 spiro atoms. The van der Waals surface area contributed by atoms with Crippen LogP contribution in [0.2, 0.25) is 5.02 Å². The molecular formula is C15H19ClF3NO. The van der Waals surface area contributed by atoms with Crippen LogP contribution in [0.3, 0.4) is 0 Å². The molecule has 1 saturated heterocycles. The first-order valence-electron chi connectivity index (χ1n) is 6.74. The third-order valence-electron chi connectivity index (χ3n) is 3.70. The molecule has 1 unspecified atom stereocenters. The molecule has 6 heteroatoms. The Bertz CT molecular complexity index is 540. The van der Waals surface area contributed by atoms with Gasteiger partial charge in [0.25, 0.3) is 0 Å². The second-order valence-corrected chi connectivity index (χ2v) is 6.97. The summed E-state index contributed by atoms with van der Waals surface area (Å²) in [6.07, 6.45) is -3.70. The summed E-state index contributed by atoms with van der Waals surface area (Å²) in [6, 6.07) is 3.17. The predicted molar refractivity (Wildman–Crippen MR) is 77.7 cm³/mol. The van der Waals surface area contributed by atoms with Crippen molar-refractivity contribution in [2.24, 2.45) is 0 Å². The van der Waals surface area contributed by atoms with Gasteiger partial charge in [0.05, 0.1) is 33.5 Å². The Kier molecular flexibility index (Phi) is 3.96. The van der Waals surface area contributed by atoms with E-state index in [4.69, 9.17) is 16.3 Å². The number of nitrogens with one attached hydrogen (secondary N) is 1.